The molecule has 1 aromatic heterocycles. The highest BCUT2D eigenvalue weighted by Crippen LogP contribution is 2.42. The summed E-state index contributed by atoms with van der Waals surface area (Å²) < 4.78 is 72.0. The molecule has 1 aliphatic heterocycles. The lowest BCUT2D eigenvalue weighted by Gasteiger charge is -2.27. The van der Waals surface area contributed by atoms with Crippen LogP contribution in [0.1, 0.15) is 66.5 Å². The van der Waals surface area contributed by atoms with E-state index in [9.17, 15) is 40.8 Å². The van der Waals surface area contributed by atoms with Crippen molar-refractivity contribution in [3.8, 4) is 0 Å². The fraction of sp³-hybridized carbons (Fsp3) is 0.625. The molecule has 236 valence electrons. The number of hydrogen-bond donors (Lipinski definition) is 2. The second-order valence-corrected chi connectivity index (χ2v) is 15.0. The number of esters is 4. The van der Waals surface area contributed by atoms with E-state index in [0.29, 0.717) is 23.4 Å². The molecule has 4 unspecified atom stereocenters. The van der Waals surface area contributed by atoms with Crippen molar-refractivity contribution in [3.63, 3.8) is 0 Å². The summed E-state index contributed by atoms with van der Waals surface area (Å²) in [5, 5.41) is 2.39. The summed E-state index contributed by atoms with van der Waals surface area (Å²) in [6.07, 6.45) is -5.79. The predicted octanol–water partition coefficient (Wildman–Crippen LogP) is 0.516. The second kappa shape index (κ2) is 13.9. The first-order chi connectivity index (χ1) is 19.3. The minimum atomic E-state index is -4.55. The van der Waals surface area contributed by atoms with E-state index in [1.807, 2.05) is 6.92 Å². The molecular formula is C24H34N2O13S3. The van der Waals surface area contributed by atoms with Crippen molar-refractivity contribution in [3.05, 3.63) is 11.6 Å². The lowest BCUT2D eigenvalue weighted by molar-refractivity contribution is -0.183. The van der Waals surface area contributed by atoms with E-state index in [2.05, 4.69) is 10.1 Å². The maximum Gasteiger partial charge on any atom is 0.347 e. The second-order valence-electron chi connectivity index (χ2n) is 9.47. The summed E-state index contributed by atoms with van der Waals surface area (Å²) in [4.78, 5) is 60.0. The van der Waals surface area contributed by atoms with Gasteiger partial charge in [0.25, 0.3) is 15.9 Å². The molecule has 1 amide bonds. The number of sulfonamides is 1. The van der Waals surface area contributed by atoms with Crippen LogP contribution in [0.2, 0.25) is 0 Å². The minimum Gasteiger partial charge on any atom is -0.451 e. The smallest absolute Gasteiger partial charge is 0.347 e. The molecular weight excluding hydrogens is 620 g/mol. The highest BCUT2D eigenvalue weighted by Gasteiger charge is 2.40. The van der Waals surface area contributed by atoms with Crippen LogP contribution in [-0.2, 0) is 62.8 Å². The molecule has 6 atom stereocenters. The fourth-order valence-electron chi connectivity index (χ4n) is 3.69. The Balaban J connectivity index is 2.02. The molecule has 2 heterocycles. The number of rotatable bonds is 12. The maximum absolute atomic E-state index is 12.9. The van der Waals surface area contributed by atoms with Gasteiger partial charge in [0.05, 0.1) is 5.25 Å². The zero-order valence-electron chi connectivity index (χ0n) is 24.0. The molecule has 0 aromatic carbocycles. The molecule has 0 aliphatic carbocycles. The lowest BCUT2D eigenvalue weighted by atomic mass is 10.1. The van der Waals surface area contributed by atoms with E-state index in [4.69, 9.17) is 14.2 Å². The van der Waals surface area contributed by atoms with E-state index < -0.39 is 89.6 Å². The van der Waals surface area contributed by atoms with Crippen molar-refractivity contribution < 1.29 is 59.8 Å². The van der Waals surface area contributed by atoms with Crippen molar-refractivity contribution in [2.24, 2.45) is 0 Å². The molecule has 0 radical (unpaired) electrons. The van der Waals surface area contributed by atoms with E-state index in [1.165, 1.54) is 19.9 Å². The molecule has 42 heavy (non-hydrogen) atoms. The first-order valence-electron chi connectivity index (χ1n) is 12.8. The van der Waals surface area contributed by atoms with Gasteiger partial charge in [-0.05, 0) is 53.7 Å². The first kappa shape index (κ1) is 35.1. The third-order valence-electron chi connectivity index (χ3n) is 5.97. The molecule has 0 bridgehead atoms. The van der Waals surface area contributed by atoms with Crippen molar-refractivity contribution in [1.82, 2.24) is 10.0 Å². The van der Waals surface area contributed by atoms with E-state index in [0.717, 1.165) is 27.7 Å². The van der Waals surface area contributed by atoms with Crippen molar-refractivity contribution >= 4 is 61.0 Å². The van der Waals surface area contributed by atoms with Crippen LogP contribution < -0.4 is 10.0 Å². The van der Waals surface area contributed by atoms with Gasteiger partial charge in [0.15, 0.2) is 34.3 Å². The van der Waals surface area contributed by atoms with Crippen LogP contribution in [0.4, 0.5) is 0 Å². The Bertz CT molecular complexity index is 1430. The summed E-state index contributed by atoms with van der Waals surface area (Å²) in [7, 11) is -8.32. The Morgan fingerprint density at radius 2 is 1.40 bits per heavy atom. The molecule has 1 aliphatic rings. The molecule has 15 nitrogen and oxygen atoms in total. The largest absolute Gasteiger partial charge is 0.451 e. The molecule has 0 saturated carbocycles. The molecule has 0 spiro atoms. The first-order valence-corrected chi connectivity index (χ1v) is 16.6. The highest BCUT2D eigenvalue weighted by molar-refractivity contribution is 7.95. The molecule has 1 aromatic rings. The quantitative estimate of drug-likeness (QED) is 0.232. The average Bonchev–Trinajstić information content (AvgIpc) is 3.34. The van der Waals surface area contributed by atoms with Gasteiger partial charge in [-0.15, -0.1) is 11.3 Å². The summed E-state index contributed by atoms with van der Waals surface area (Å²) >= 11 is 0.517. The number of thiophene rings is 1. The third-order valence-corrected chi connectivity index (χ3v) is 11.7. The lowest BCUT2D eigenvalue weighted by Crippen LogP contribution is -2.41. The summed E-state index contributed by atoms with van der Waals surface area (Å²) in [5.74, 6) is -5.38. The van der Waals surface area contributed by atoms with E-state index in [-0.39, 0.29) is 10.6 Å². The van der Waals surface area contributed by atoms with Crippen molar-refractivity contribution in [1.29, 1.82) is 0 Å². The van der Waals surface area contributed by atoms with Gasteiger partial charge < -0.3 is 24.3 Å². The van der Waals surface area contributed by atoms with Crippen LogP contribution in [0.25, 0.3) is 0 Å². The zero-order chi connectivity index (χ0) is 32.2. The van der Waals surface area contributed by atoms with Crippen LogP contribution >= 0.6 is 11.3 Å². The Morgan fingerprint density at radius 1 is 0.929 bits per heavy atom. The van der Waals surface area contributed by atoms with Gasteiger partial charge in [0.2, 0.25) is 0 Å². The Labute approximate surface area is 247 Å². The summed E-state index contributed by atoms with van der Waals surface area (Å²) in [5.41, 5.74) is 0.295. The molecule has 0 fully saturated rings. The summed E-state index contributed by atoms with van der Waals surface area (Å²) in [6, 6.07) is 0.804. The van der Waals surface area contributed by atoms with Crippen LogP contribution in [0.5, 0.6) is 0 Å². The van der Waals surface area contributed by atoms with Crippen LogP contribution in [-0.4, -0.2) is 82.8 Å². The standard InChI is InChI=1S/C24H34N2O13S3/c1-8-25-18-9-11(2)41(32,33)24-17(18)10-19(40-24)42(34,35)26-20(28)12(3)37-22(30)14(5)39-23(31)15(6)38-21(29)13(4)36-16(7)27/h10-15,18,25H,8-9H2,1-7H3,(H,26,28)/t11-,12?,13?,14?,15?,18-/m0/s1. The fourth-order valence-corrected chi connectivity index (χ4v) is 8.73. The van der Waals surface area contributed by atoms with Crippen LogP contribution in [0.3, 0.4) is 0 Å². The number of fused-ring (bicyclic) bond motifs is 1. The van der Waals surface area contributed by atoms with Crippen LogP contribution in [0, 0.1) is 0 Å². The van der Waals surface area contributed by atoms with Gasteiger partial charge in [-0.2, -0.15) is 0 Å². The number of sulfone groups is 1. The van der Waals surface area contributed by atoms with Crippen molar-refractivity contribution in [2.45, 2.75) is 99.0 Å². The number of ether oxygens (including phenoxy) is 4. The Morgan fingerprint density at radius 3 is 1.88 bits per heavy atom. The monoisotopic (exact) mass is 654 g/mol. The van der Waals surface area contributed by atoms with Gasteiger partial charge in [0, 0.05) is 18.5 Å². The van der Waals surface area contributed by atoms with Gasteiger partial charge >= 0.3 is 23.9 Å². The van der Waals surface area contributed by atoms with Crippen LogP contribution in [0.15, 0.2) is 14.5 Å². The van der Waals surface area contributed by atoms with Gasteiger partial charge in [-0.3, -0.25) is 9.59 Å². The summed E-state index contributed by atoms with van der Waals surface area (Å²) in [6.45, 7) is 9.51. The molecule has 2 rings (SSSR count). The SMILES string of the molecule is CCN[C@H]1C[C@H](C)S(=O)(=O)c2sc(S(=O)(=O)NC(=O)C(C)OC(=O)C(C)OC(=O)C(C)OC(=O)C(C)OC(C)=O)cc21. The number of hydrogen-bond acceptors (Lipinski definition) is 15. The zero-order valence-corrected chi connectivity index (χ0v) is 26.4. The normalized spacial score (nSPS) is 20.5. The topological polar surface area (TPSA) is 215 Å². The van der Waals surface area contributed by atoms with Gasteiger partial charge in [0.1, 0.15) is 8.42 Å². The number of carbonyl (C=O) groups excluding carboxylic acids is 5. The molecule has 0 saturated heterocycles. The minimum absolute atomic E-state index is 0.101. The van der Waals surface area contributed by atoms with E-state index in [1.54, 1.807) is 4.72 Å². The Hall–Kier alpha value is -3.09. The Kier molecular flexibility index (Phi) is 11.6. The van der Waals surface area contributed by atoms with E-state index >= 15 is 0 Å². The molecule has 2 N–H and O–H groups in total. The molecule has 18 heteroatoms. The maximum atomic E-state index is 12.9. The van der Waals surface area contributed by atoms with Gasteiger partial charge in [-0.25, -0.2) is 35.9 Å². The third kappa shape index (κ3) is 8.48. The predicted molar refractivity (Wildman–Crippen MR) is 145 cm³/mol. The van der Waals surface area contributed by atoms with Crippen molar-refractivity contribution in [2.75, 3.05) is 6.54 Å². The average molecular weight is 655 g/mol. The number of carbonyl (C=O) groups is 5. The highest BCUT2D eigenvalue weighted by atomic mass is 32.3. The van der Waals surface area contributed by atoms with Gasteiger partial charge in [-0.1, -0.05) is 6.92 Å². The number of amides is 1. The number of nitrogens with one attached hydrogen (secondary N) is 2.